The van der Waals surface area contributed by atoms with Gasteiger partial charge in [0, 0.05) is 25.2 Å². The van der Waals surface area contributed by atoms with Crippen LogP contribution in [0, 0.1) is 11.3 Å². The second-order valence-corrected chi connectivity index (χ2v) is 7.28. The van der Waals surface area contributed by atoms with Crippen LogP contribution in [0.5, 0.6) is 0 Å². The van der Waals surface area contributed by atoms with E-state index in [1.54, 1.807) is 0 Å². The minimum atomic E-state index is -0.690. The van der Waals surface area contributed by atoms with E-state index in [0.717, 1.165) is 17.7 Å². The molecule has 4 rings (SSSR count). The number of hydrogen-bond donors (Lipinski definition) is 0. The summed E-state index contributed by atoms with van der Waals surface area (Å²) in [5.74, 6) is -0.558. The van der Waals surface area contributed by atoms with E-state index in [1.165, 1.54) is 5.56 Å². The monoisotopic (exact) mass is 349 g/mol. The van der Waals surface area contributed by atoms with E-state index in [2.05, 4.69) is 17.0 Å². The third-order valence-corrected chi connectivity index (χ3v) is 5.65. The number of nitrogens with zero attached hydrogens (tertiary/aromatic N) is 1. The number of carbonyl (C=O) groups is 2. The Balaban J connectivity index is 1.65. The van der Waals surface area contributed by atoms with Crippen LogP contribution in [0.2, 0.25) is 0 Å². The molecule has 2 atom stereocenters. The summed E-state index contributed by atoms with van der Waals surface area (Å²) in [5, 5.41) is 0. The highest BCUT2D eigenvalue weighted by Crippen LogP contribution is 2.48. The topological polar surface area (TPSA) is 46.6 Å². The predicted octanol–water partition coefficient (Wildman–Crippen LogP) is 3.11. The molecule has 0 saturated carbocycles. The molecule has 4 nitrogen and oxygen atoms in total. The molecule has 1 heterocycles. The quantitative estimate of drug-likeness (QED) is 0.796. The number of likely N-dealkylation sites (tertiary alicyclic amines) is 1. The SMILES string of the molecule is CCOC(=O)[C@@H]1CN(Cc2ccccc2)C[C@@]12Cc1ccccc1C2=O. The summed E-state index contributed by atoms with van der Waals surface area (Å²) in [6, 6.07) is 17.9. The maximum absolute atomic E-state index is 13.3. The molecule has 0 radical (unpaired) electrons. The summed E-state index contributed by atoms with van der Waals surface area (Å²) in [6.45, 7) is 4.05. The normalized spacial score (nSPS) is 24.8. The van der Waals surface area contributed by atoms with Crippen molar-refractivity contribution in [3.63, 3.8) is 0 Å². The van der Waals surface area contributed by atoms with Crippen LogP contribution >= 0.6 is 0 Å². The van der Waals surface area contributed by atoms with Gasteiger partial charge in [-0.3, -0.25) is 14.5 Å². The molecule has 0 amide bonds. The van der Waals surface area contributed by atoms with Gasteiger partial charge in [-0.2, -0.15) is 0 Å². The van der Waals surface area contributed by atoms with Crippen LogP contribution < -0.4 is 0 Å². The first-order chi connectivity index (χ1) is 12.6. The first-order valence-corrected chi connectivity index (χ1v) is 9.19. The summed E-state index contributed by atoms with van der Waals surface area (Å²) >= 11 is 0. The van der Waals surface area contributed by atoms with Gasteiger partial charge in [0.2, 0.25) is 0 Å². The molecule has 1 saturated heterocycles. The summed E-state index contributed by atoms with van der Waals surface area (Å²) in [4.78, 5) is 28.2. The van der Waals surface area contributed by atoms with Crippen molar-refractivity contribution in [1.82, 2.24) is 4.90 Å². The minimum Gasteiger partial charge on any atom is -0.466 e. The number of fused-ring (bicyclic) bond motifs is 1. The molecule has 134 valence electrons. The Morgan fingerprint density at radius 1 is 1.15 bits per heavy atom. The van der Waals surface area contributed by atoms with Crippen LogP contribution in [0.3, 0.4) is 0 Å². The number of ketones is 1. The lowest BCUT2D eigenvalue weighted by Crippen LogP contribution is -2.41. The summed E-state index contributed by atoms with van der Waals surface area (Å²) in [5.41, 5.74) is 2.32. The maximum atomic E-state index is 13.3. The summed E-state index contributed by atoms with van der Waals surface area (Å²) in [6.07, 6.45) is 0.622. The zero-order valence-electron chi connectivity index (χ0n) is 15.0. The van der Waals surface area contributed by atoms with E-state index >= 15 is 0 Å². The fourth-order valence-electron chi connectivity index (χ4n) is 4.51. The van der Waals surface area contributed by atoms with E-state index in [9.17, 15) is 9.59 Å². The molecule has 0 aromatic heterocycles. The third kappa shape index (κ3) is 2.74. The van der Waals surface area contributed by atoms with Gasteiger partial charge in [0.1, 0.15) is 0 Å². The average Bonchev–Trinajstić information content (AvgIpc) is 3.15. The van der Waals surface area contributed by atoms with Crippen LogP contribution in [-0.2, 0) is 22.5 Å². The number of Topliss-reactive ketones (excluding diaryl/α,β-unsaturated/α-hetero) is 1. The fourth-order valence-corrected chi connectivity index (χ4v) is 4.51. The van der Waals surface area contributed by atoms with Crippen molar-refractivity contribution < 1.29 is 14.3 Å². The van der Waals surface area contributed by atoms with Gasteiger partial charge in [0.15, 0.2) is 5.78 Å². The van der Waals surface area contributed by atoms with Crippen LogP contribution in [0.1, 0.15) is 28.4 Å². The molecule has 2 aliphatic rings. The van der Waals surface area contributed by atoms with Gasteiger partial charge in [-0.25, -0.2) is 0 Å². The van der Waals surface area contributed by atoms with Gasteiger partial charge in [-0.05, 0) is 24.5 Å². The van der Waals surface area contributed by atoms with Gasteiger partial charge in [-0.15, -0.1) is 0 Å². The Kier molecular flexibility index (Phi) is 4.37. The predicted molar refractivity (Wildman–Crippen MR) is 98.8 cm³/mol. The standard InChI is InChI=1S/C22H23NO3/c1-2-26-21(25)19-14-23(13-16-8-4-3-5-9-16)15-22(19)12-17-10-6-7-11-18(17)20(22)24/h3-11,19H,2,12-15H2,1H3/t19-,22-/m0/s1. The second-order valence-electron chi connectivity index (χ2n) is 7.28. The van der Waals surface area contributed by atoms with Crippen molar-refractivity contribution in [2.75, 3.05) is 19.7 Å². The Labute approximate surface area is 153 Å². The van der Waals surface area contributed by atoms with E-state index < -0.39 is 11.3 Å². The number of benzene rings is 2. The highest BCUT2D eigenvalue weighted by atomic mass is 16.5. The van der Waals surface area contributed by atoms with Gasteiger partial charge in [0.05, 0.1) is 17.9 Å². The molecule has 4 heteroatoms. The molecule has 26 heavy (non-hydrogen) atoms. The van der Waals surface area contributed by atoms with Crippen molar-refractivity contribution in [3.8, 4) is 0 Å². The second kappa shape index (κ2) is 6.69. The molecule has 0 bridgehead atoms. The minimum absolute atomic E-state index is 0.0988. The smallest absolute Gasteiger partial charge is 0.311 e. The molecule has 1 spiro atoms. The van der Waals surface area contributed by atoms with E-state index in [-0.39, 0.29) is 11.8 Å². The summed E-state index contributed by atoms with van der Waals surface area (Å²) < 4.78 is 5.34. The lowest BCUT2D eigenvalue weighted by atomic mass is 9.74. The molecule has 0 unspecified atom stereocenters. The number of carbonyl (C=O) groups excluding carboxylic acids is 2. The van der Waals surface area contributed by atoms with Gasteiger partial charge in [0.25, 0.3) is 0 Å². The van der Waals surface area contributed by atoms with E-state index in [4.69, 9.17) is 4.74 Å². The van der Waals surface area contributed by atoms with Crippen LogP contribution in [-0.4, -0.2) is 36.3 Å². The highest BCUT2D eigenvalue weighted by Gasteiger charge is 2.58. The third-order valence-electron chi connectivity index (χ3n) is 5.65. The van der Waals surface area contributed by atoms with Crippen molar-refractivity contribution >= 4 is 11.8 Å². The zero-order chi connectivity index (χ0) is 18.1. The van der Waals surface area contributed by atoms with Crippen molar-refractivity contribution in [2.24, 2.45) is 11.3 Å². The molecule has 2 aromatic rings. The lowest BCUT2D eigenvalue weighted by molar-refractivity contribution is -0.150. The average molecular weight is 349 g/mol. The fraction of sp³-hybridized carbons (Fsp3) is 0.364. The molecule has 1 fully saturated rings. The Morgan fingerprint density at radius 2 is 1.88 bits per heavy atom. The molecule has 0 N–H and O–H groups in total. The van der Waals surface area contributed by atoms with E-state index in [0.29, 0.717) is 26.1 Å². The van der Waals surface area contributed by atoms with Crippen LogP contribution in [0.25, 0.3) is 0 Å². The number of rotatable bonds is 4. The Bertz CT molecular complexity index is 832. The number of hydrogen-bond acceptors (Lipinski definition) is 4. The molecule has 2 aromatic carbocycles. The highest BCUT2D eigenvalue weighted by molar-refractivity contribution is 6.07. The van der Waals surface area contributed by atoms with Crippen molar-refractivity contribution in [1.29, 1.82) is 0 Å². The largest absolute Gasteiger partial charge is 0.466 e. The molecular weight excluding hydrogens is 326 g/mol. The van der Waals surface area contributed by atoms with Gasteiger partial charge in [-0.1, -0.05) is 54.6 Å². The molecule has 1 aliphatic carbocycles. The molecular formula is C22H23NO3. The first kappa shape index (κ1) is 17.0. The molecule has 1 aliphatic heterocycles. The first-order valence-electron chi connectivity index (χ1n) is 9.19. The summed E-state index contributed by atoms with van der Waals surface area (Å²) in [7, 11) is 0. The zero-order valence-corrected chi connectivity index (χ0v) is 15.0. The number of esters is 1. The van der Waals surface area contributed by atoms with Crippen molar-refractivity contribution in [2.45, 2.75) is 19.9 Å². The number of ether oxygens (including phenoxy) is 1. The van der Waals surface area contributed by atoms with E-state index in [1.807, 2.05) is 49.4 Å². The Hall–Kier alpha value is -2.46. The van der Waals surface area contributed by atoms with Crippen LogP contribution in [0.4, 0.5) is 0 Å². The van der Waals surface area contributed by atoms with Gasteiger partial charge >= 0.3 is 5.97 Å². The van der Waals surface area contributed by atoms with Crippen LogP contribution in [0.15, 0.2) is 54.6 Å². The Morgan fingerprint density at radius 3 is 2.62 bits per heavy atom. The maximum Gasteiger partial charge on any atom is 0.311 e. The van der Waals surface area contributed by atoms with Gasteiger partial charge < -0.3 is 4.74 Å². The van der Waals surface area contributed by atoms with Crippen molar-refractivity contribution in [3.05, 3.63) is 71.3 Å². The lowest BCUT2D eigenvalue weighted by Gasteiger charge is -2.27.